The summed E-state index contributed by atoms with van der Waals surface area (Å²) >= 11 is 0. The van der Waals surface area contributed by atoms with Crippen LogP contribution in [0, 0.1) is 13.8 Å². The van der Waals surface area contributed by atoms with Gasteiger partial charge in [-0.3, -0.25) is 4.68 Å². The molecule has 0 saturated carbocycles. The molecule has 0 radical (unpaired) electrons. The minimum atomic E-state index is 0.0987. The quantitative estimate of drug-likeness (QED) is 0.889. The van der Waals surface area contributed by atoms with Crippen LogP contribution < -0.4 is 5.32 Å². The SMILES string of the molecule is CCn1nccc1C(NC)c1cc(C)nnc1C. The highest BCUT2D eigenvalue weighted by Crippen LogP contribution is 2.23. The van der Waals surface area contributed by atoms with Crippen LogP contribution in [0.1, 0.15) is 35.6 Å². The Labute approximate surface area is 107 Å². The highest BCUT2D eigenvalue weighted by molar-refractivity contribution is 5.30. The van der Waals surface area contributed by atoms with Crippen molar-refractivity contribution in [3.63, 3.8) is 0 Å². The first-order chi connectivity index (χ1) is 8.67. The van der Waals surface area contributed by atoms with Gasteiger partial charge in [-0.05, 0) is 40.0 Å². The fraction of sp³-hybridized carbons (Fsp3) is 0.462. The van der Waals surface area contributed by atoms with Crippen molar-refractivity contribution in [2.75, 3.05) is 7.05 Å². The van der Waals surface area contributed by atoms with Crippen LogP contribution in [0.25, 0.3) is 0 Å². The van der Waals surface area contributed by atoms with Gasteiger partial charge in [-0.1, -0.05) is 0 Å². The Hall–Kier alpha value is -1.75. The van der Waals surface area contributed by atoms with Gasteiger partial charge in [-0.2, -0.15) is 15.3 Å². The summed E-state index contributed by atoms with van der Waals surface area (Å²) in [5, 5.41) is 15.9. The topological polar surface area (TPSA) is 55.6 Å². The number of hydrogen-bond acceptors (Lipinski definition) is 4. The molecule has 2 rings (SSSR count). The highest BCUT2D eigenvalue weighted by Gasteiger charge is 2.19. The molecule has 18 heavy (non-hydrogen) atoms. The second kappa shape index (κ2) is 5.27. The van der Waals surface area contributed by atoms with Crippen LogP contribution in [-0.2, 0) is 6.54 Å². The second-order valence-corrected chi connectivity index (χ2v) is 4.32. The van der Waals surface area contributed by atoms with Crippen molar-refractivity contribution in [1.29, 1.82) is 0 Å². The Kier molecular flexibility index (Phi) is 3.72. The molecule has 0 amide bonds. The largest absolute Gasteiger partial charge is 0.308 e. The minimum Gasteiger partial charge on any atom is -0.308 e. The van der Waals surface area contributed by atoms with Crippen molar-refractivity contribution in [2.24, 2.45) is 0 Å². The summed E-state index contributed by atoms with van der Waals surface area (Å²) in [6, 6.07) is 4.22. The first kappa shape index (κ1) is 12.7. The third kappa shape index (κ3) is 2.26. The molecule has 0 aliphatic heterocycles. The Morgan fingerprint density at radius 1 is 1.33 bits per heavy atom. The van der Waals surface area contributed by atoms with Crippen molar-refractivity contribution in [2.45, 2.75) is 33.4 Å². The Morgan fingerprint density at radius 2 is 2.11 bits per heavy atom. The zero-order valence-corrected chi connectivity index (χ0v) is 11.3. The molecule has 0 bridgehead atoms. The normalized spacial score (nSPS) is 12.7. The van der Waals surface area contributed by atoms with Crippen LogP contribution in [0.3, 0.4) is 0 Å². The third-order valence-corrected chi connectivity index (χ3v) is 3.08. The minimum absolute atomic E-state index is 0.0987. The maximum atomic E-state index is 4.32. The summed E-state index contributed by atoms with van der Waals surface area (Å²) in [7, 11) is 1.95. The van der Waals surface area contributed by atoms with E-state index >= 15 is 0 Å². The Balaban J connectivity index is 2.48. The van der Waals surface area contributed by atoms with Crippen molar-refractivity contribution in [3.8, 4) is 0 Å². The monoisotopic (exact) mass is 245 g/mol. The molecule has 0 aliphatic carbocycles. The molecule has 5 heteroatoms. The molecule has 96 valence electrons. The zero-order valence-electron chi connectivity index (χ0n) is 11.3. The predicted molar refractivity (Wildman–Crippen MR) is 70.3 cm³/mol. The second-order valence-electron chi connectivity index (χ2n) is 4.32. The third-order valence-electron chi connectivity index (χ3n) is 3.08. The fourth-order valence-corrected chi connectivity index (χ4v) is 2.18. The molecule has 2 heterocycles. The van der Waals surface area contributed by atoms with Crippen LogP contribution in [0.5, 0.6) is 0 Å². The molecular formula is C13H19N5. The van der Waals surface area contributed by atoms with Gasteiger partial charge in [0.15, 0.2) is 0 Å². The molecule has 2 aromatic rings. The summed E-state index contributed by atoms with van der Waals surface area (Å²) in [4.78, 5) is 0. The van der Waals surface area contributed by atoms with E-state index in [0.29, 0.717) is 0 Å². The van der Waals surface area contributed by atoms with Crippen molar-refractivity contribution in [1.82, 2.24) is 25.3 Å². The van der Waals surface area contributed by atoms with E-state index in [2.05, 4.69) is 33.6 Å². The predicted octanol–water partition coefficient (Wildman–Crippen LogP) is 1.62. The number of hydrogen-bond donors (Lipinski definition) is 1. The highest BCUT2D eigenvalue weighted by atomic mass is 15.3. The van der Waals surface area contributed by atoms with E-state index in [1.165, 1.54) is 0 Å². The van der Waals surface area contributed by atoms with Gasteiger partial charge >= 0.3 is 0 Å². The maximum Gasteiger partial charge on any atom is 0.0764 e. The first-order valence-electron chi connectivity index (χ1n) is 6.17. The first-order valence-corrected chi connectivity index (χ1v) is 6.17. The van der Waals surface area contributed by atoms with Gasteiger partial charge in [0.2, 0.25) is 0 Å². The number of nitrogens with zero attached hydrogens (tertiary/aromatic N) is 4. The molecule has 0 spiro atoms. The molecule has 0 aromatic carbocycles. The summed E-state index contributed by atoms with van der Waals surface area (Å²) in [6.07, 6.45) is 1.83. The molecule has 0 aliphatic rings. The molecule has 2 aromatic heterocycles. The van der Waals surface area contributed by atoms with Gasteiger partial charge in [0, 0.05) is 18.3 Å². The zero-order chi connectivity index (χ0) is 13.1. The number of nitrogens with one attached hydrogen (secondary N) is 1. The lowest BCUT2D eigenvalue weighted by Crippen LogP contribution is -2.23. The standard InChI is InChI=1S/C13H19N5/c1-5-18-12(6-7-15-18)13(14-4)11-8-9(2)16-17-10(11)3/h6-8,13-14H,5H2,1-4H3. The van der Waals surface area contributed by atoms with E-state index in [-0.39, 0.29) is 6.04 Å². The lowest BCUT2D eigenvalue weighted by molar-refractivity contribution is 0.559. The van der Waals surface area contributed by atoms with Crippen molar-refractivity contribution >= 4 is 0 Å². The molecule has 1 unspecified atom stereocenters. The van der Waals surface area contributed by atoms with Gasteiger partial charge in [-0.15, -0.1) is 0 Å². The van der Waals surface area contributed by atoms with Crippen LogP contribution in [0.4, 0.5) is 0 Å². The van der Waals surface area contributed by atoms with Crippen LogP contribution in [-0.4, -0.2) is 27.0 Å². The van der Waals surface area contributed by atoms with E-state index in [4.69, 9.17) is 0 Å². The van der Waals surface area contributed by atoms with Crippen LogP contribution in [0.2, 0.25) is 0 Å². The molecule has 1 atom stereocenters. The van der Waals surface area contributed by atoms with Crippen molar-refractivity contribution < 1.29 is 0 Å². The van der Waals surface area contributed by atoms with Gasteiger partial charge in [0.05, 0.1) is 23.1 Å². The van der Waals surface area contributed by atoms with Gasteiger partial charge in [0.1, 0.15) is 0 Å². The average Bonchev–Trinajstić information content (AvgIpc) is 2.83. The molecule has 5 nitrogen and oxygen atoms in total. The lowest BCUT2D eigenvalue weighted by atomic mass is 10.0. The van der Waals surface area contributed by atoms with E-state index in [1.807, 2.05) is 37.8 Å². The van der Waals surface area contributed by atoms with E-state index in [0.717, 1.165) is 29.2 Å². The van der Waals surface area contributed by atoms with Crippen molar-refractivity contribution in [3.05, 3.63) is 41.0 Å². The molecule has 0 fully saturated rings. The van der Waals surface area contributed by atoms with Crippen LogP contribution >= 0.6 is 0 Å². The van der Waals surface area contributed by atoms with E-state index < -0.39 is 0 Å². The van der Waals surface area contributed by atoms with Gasteiger partial charge < -0.3 is 5.32 Å². The number of aryl methyl sites for hydroxylation is 3. The summed E-state index contributed by atoms with van der Waals surface area (Å²) in [5.41, 5.74) is 4.18. The Bertz CT molecular complexity index is 532. The molecular weight excluding hydrogens is 226 g/mol. The van der Waals surface area contributed by atoms with Gasteiger partial charge in [0.25, 0.3) is 0 Å². The molecule has 1 N–H and O–H groups in total. The smallest absolute Gasteiger partial charge is 0.0764 e. The fourth-order valence-electron chi connectivity index (χ4n) is 2.18. The van der Waals surface area contributed by atoms with E-state index in [1.54, 1.807) is 0 Å². The van der Waals surface area contributed by atoms with E-state index in [9.17, 15) is 0 Å². The number of aromatic nitrogens is 4. The number of rotatable bonds is 4. The van der Waals surface area contributed by atoms with Gasteiger partial charge in [-0.25, -0.2) is 0 Å². The Morgan fingerprint density at radius 3 is 2.78 bits per heavy atom. The maximum absolute atomic E-state index is 4.32. The summed E-state index contributed by atoms with van der Waals surface area (Å²) in [5.74, 6) is 0. The lowest BCUT2D eigenvalue weighted by Gasteiger charge is -2.19. The average molecular weight is 245 g/mol. The molecule has 0 saturated heterocycles. The summed E-state index contributed by atoms with van der Waals surface area (Å²) in [6.45, 7) is 6.89. The summed E-state index contributed by atoms with van der Waals surface area (Å²) < 4.78 is 2.00. The van der Waals surface area contributed by atoms with Crippen LogP contribution in [0.15, 0.2) is 18.3 Å².